The molecule has 0 radical (unpaired) electrons. The molecular formula is C13H15NO5. The highest BCUT2D eigenvalue weighted by Crippen LogP contribution is 2.05. The van der Waals surface area contributed by atoms with Gasteiger partial charge in [-0.3, -0.25) is 0 Å². The van der Waals surface area contributed by atoms with Crippen LogP contribution in [0.3, 0.4) is 0 Å². The minimum Gasteiger partial charge on any atom is -0.822 e. The van der Waals surface area contributed by atoms with Crippen molar-refractivity contribution in [3.63, 3.8) is 0 Å². The number of carbonyl (C=O) groups is 2. The summed E-state index contributed by atoms with van der Waals surface area (Å²) >= 11 is 0. The van der Waals surface area contributed by atoms with Crippen molar-refractivity contribution >= 4 is 17.8 Å². The number of hydrogen-bond acceptors (Lipinski definition) is 5. The smallest absolute Gasteiger partial charge is 0.351 e. The molecule has 0 spiro atoms. The molecule has 0 aliphatic carbocycles. The van der Waals surface area contributed by atoms with Crippen LogP contribution < -0.4 is 9.67 Å². The lowest BCUT2D eigenvalue weighted by Crippen LogP contribution is -2.42. The Balaban J connectivity index is 3.21. The molecule has 6 heteroatoms. The molecule has 0 N–H and O–H groups in total. The van der Waals surface area contributed by atoms with Gasteiger partial charge in [0.2, 0.25) is 5.57 Å². The molecule has 0 aliphatic rings. The van der Waals surface area contributed by atoms with Crippen molar-refractivity contribution in [1.82, 2.24) is 0 Å². The summed E-state index contributed by atoms with van der Waals surface area (Å²) < 4.78 is 10.5. The van der Waals surface area contributed by atoms with E-state index in [4.69, 9.17) is 9.47 Å². The first-order valence-electron chi connectivity index (χ1n) is 5.84. The molecule has 1 aromatic heterocycles. The monoisotopic (exact) mass is 265 g/mol. The summed E-state index contributed by atoms with van der Waals surface area (Å²) in [5, 5.41) is 12.1. The van der Waals surface area contributed by atoms with Crippen LogP contribution in [0.15, 0.2) is 36.2 Å². The van der Waals surface area contributed by atoms with Crippen LogP contribution in [0.1, 0.15) is 13.8 Å². The average molecular weight is 265 g/mol. The predicted molar refractivity (Wildman–Crippen MR) is 63.1 cm³/mol. The summed E-state index contributed by atoms with van der Waals surface area (Å²) in [4.78, 5) is 23.4. The minimum atomic E-state index is -0.984. The van der Waals surface area contributed by atoms with E-state index in [1.165, 1.54) is 12.4 Å². The summed E-state index contributed by atoms with van der Waals surface area (Å²) in [6.45, 7) is 3.30. The van der Waals surface area contributed by atoms with Gasteiger partial charge in [0.15, 0.2) is 18.3 Å². The topological polar surface area (TPSA) is 79.5 Å². The van der Waals surface area contributed by atoms with Gasteiger partial charge in [-0.15, -0.1) is 0 Å². The highest BCUT2D eigenvalue weighted by Gasteiger charge is 2.26. The van der Waals surface area contributed by atoms with Gasteiger partial charge in [0.25, 0.3) is 0 Å². The Morgan fingerprint density at radius 1 is 1.00 bits per heavy atom. The van der Waals surface area contributed by atoms with E-state index < -0.39 is 23.4 Å². The van der Waals surface area contributed by atoms with E-state index in [-0.39, 0.29) is 13.2 Å². The van der Waals surface area contributed by atoms with Gasteiger partial charge in [0.05, 0.1) is 13.2 Å². The fraction of sp³-hybridized carbons (Fsp3) is 0.308. The van der Waals surface area contributed by atoms with Crippen molar-refractivity contribution in [3.05, 3.63) is 36.2 Å². The zero-order valence-corrected chi connectivity index (χ0v) is 10.8. The fourth-order valence-electron chi connectivity index (χ4n) is 1.33. The molecule has 0 aromatic carbocycles. The summed E-state index contributed by atoms with van der Waals surface area (Å²) in [6.07, 6.45) is 2.86. The Morgan fingerprint density at radius 2 is 1.47 bits per heavy atom. The Morgan fingerprint density at radius 3 is 1.89 bits per heavy atom. The summed E-state index contributed by atoms with van der Waals surface area (Å²) in [5.41, 5.74) is -0.639. The number of nitrogens with zero attached hydrogens (tertiary/aromatic N) is 1. The Bertz CT molecular complexity index is 461. The second kappa shape index (κ2) is 7.15. The van der Waals surface area contributed by atoms with Crippen LogP contribution in [0.4, 0.5) is 0 Å². The summed E-state index contributed by atoms with van der Waals surface area (Å²) in [7, 11) is 0. The lowest BCUT2D eigenvalue weighted by molar-refractivity contribution is -0.652. The van der Waals surface area contributed by atoms with Crippen molar-refractivity contribution in [1.29, 1.82) is 0 Å². The molecular weight excluding hydrogens is 250 g/mol. The molecule has 1 aromatic rings. The maximum absolute atomic E-state index is 12.1. The summed E-state index contributed by atoms with van der Waals surface area (Å²) in [6, 6.07) is 4.91. The SMILES string of the molecule is CCOC(=O)C(C(=O)OCC)=C([O-])[n+]1ccccc1. The second-order valence-corrected chi connectivity index (χ2v) is 3.40. The number of carbonyl (C=O) groups excluding carboxylic acids is 2. The molecule has 102 valence electrons. The first kappa shape index (κ1) is 14.7. The molecule has 19 heavy (non-hydrogen) atoms. The van der Waals surface area contributed by atoms with Crippen molar-refractivity contribution in [2.45, 2.75) is 13.8 Å². The van der Waals surface area contributed by atoms with Gasteiger partial charge in [0.1, 0.15) is 0 Å². The Labute approximate surface area is 110 Å². The molecule has 0 atom stereocenters. The molecule has 0 aliphatic heterocycles. The molecule has 1 heterocycles. The van der Waals surface area contributed by atoms with Gasteiger partial charge >= 0.3 is 11.9 Å². The molecule has 0 saturated carbocycles. The number of hydrogen-bond donors (Lipinski definition) is 0. The zero-order chi connectivity index (χ0) is 14.3. The third kappa shape index (κ3) is 3.80. The van der Waals surface area contributed by atoms with Crippen LogP contribution in [0, 0.1) is 0 Å². The van der Waals surface area contributed by atoms with Crippen LogP contribution in [-0.4, -0.2) is 25.2 Å². The van der Waals surface area contributed by atoms with Crippen LogP contribution in [0.2, 0.25) is 0 Å². The van der Waals surface area contributed by atoms with E-state index in [1.807, 2.05) is 0 Å². The maximum atomic E-state index is 12.1. The van der Waals surface area contributed by atoms with E-state index in [9.17, 15) is 14.7 Å². The number of pyridine rings is 1. The number of ether oxygens (including phenoxy) is 2. The van der Waals surface area contributed by atoms with E-state index in [1.54, 1.807) is 32.0 Å². The van der Waals surface area contributed by atoms with E-state index in [2.05, 4.69) is 0 Å². The van der Waals surface area contributed by atoms with Gasteiger partial charge in [-0.25, -0.2) is 9.59 Å². The zero-order valence-electron chi connectivity index (χ0n) is 10.8. The molecule has 0 amide bonds. The first-order valence-corrected chi connectivity index (χ1v) is 5.84. The minimum absolute atomic E-state index is 0.0640. The molecule has 6 nitrogen and oxygen atoms in total. The largest absolute Gasteiger partial charge is 0.822 e. The molecule has 0 bridgehead atoms. The number of esters is 2. The Kier molecular flexibility index (Phi) is 5.53. The molecule has 1 rings (SSSR count). The quantitative estimate of drug-likeness (QED) is 0.181. The van der Waals surface area contributed by atoms with Crippen LogP contribution >= 0.6 is 0 Å². The molecule has 0 unspecified atom stereocenters. The first-order chi connectivity index (χ1) is 9.11. The van der Waals surface area contributed by atoms with Crippen molar-refractivity contribution in [3.8, 4) is 0 Å². The van der Waals surface area contributed by atoms with Gasteiger partial charge in [0, 0.05) is 12.1 Å². The Hall–Kier alpha value is -2.37. The predicted octanol–water partition coefficient (Wildman–Crippen LogP) is -0.371. The van der Waals surface area contributed by atoms with E-state index in [0.29, 0.717) is 0 Å². The van der Waals surface area contributed by atoms with Gasteiger partial charge < -0.3 is 14.6 Å². The number of rotatable bonds is 5. The normalized spacial score (nSPS) is 9.58. The molecule has 0 saturated heterocycles. The van der Waals surface area contributed by atoms with Crippen LogP contribution in [0.5, 0.6) is 0 Å². The maximum Gasteiger partial charge on any atom is 0.351 e. The summed E-state index contributed by atoms with van der Waals surface area (Å²) in [5.74, 6) is -2.75. The third-order valence-electron chi connectivity index (χ3n) is 2.12. The standard InChI is InChI=1S/C13H15NO5/c1-3-18-12(16)10(13(17)19-4-2)11(15)14-8-6-5-7-9-14/h5-9H,3-4H2,1-2H3. The van der Waals surface area contributed by atoms with Gasteiger partial charge in [-0.05, 0) is 13.8 Å². The van der Waals surface area contributed by atoms with Crippen LogP contribution in [0.25, 0.3) is 5.88 Å². The van der Waals surface area contributed by atoms with E-state index in [0.717, 1.165) is 4.57 Å². The lowest BCUT2D eigenvalue weighted by Gasteiger charge is -2.11. The van der Waals surface area contributed by atoms with Crippen molar-refractivity contribution in [2.24, 2.45) is 0 Å². The van der Waals surface area contributed by atoms with Crippen LogP contribution in [-0.2, 0) is 19.1 Å². The van der Waals surface area contributed by atoms with Crippen molar-refractivity contribution < 1.29 is 28.7 Å². The second-order valence-electron chi connectivity index (χ2n) is 3.40. The highest BCUT2D eigenvalue weighted by molar-refractivity contribution is 6.16. The van der Waals surface area contributed by atoms with Gasteiger partial charge in [-0.1, -0.05) is 6.07 Å². The molecule has 0 fully saturated rings. The fourth-order valence-corrected chi connectivity index (χ4v) is 1.33. The van der Waals surface area contributed by atoms with E-state index >= 15 is 0 Å². The highest BCUT2D eigenvalue weighted by atomic mass is 16.6. The number of aromatic nitrogens is 1. The van der Waals surface area contributed by atoms with Crippen molar-refractivity contribution in [2.75, 3.05) is 13.2 Å². The third-order valence-corrected chi connectivity index (χ3v) is 2.12. The van der Waals surface area contributed by atoms with Gasteiger partial charge in [-0.2, -0.15) is 4.57 Å². The lowest BCUT2D eigenvalue weighted by atomic mass is 10.2. The average Bonchev–Trinajstić information content (AvgIpc) is 2.40.